The Hall–Kier alpha value is -1.48. The van der Waals surface area contributed by atoms with Crippen LogP contribution in [0.15, 0.2) is 36.4 Å². The van der Waals surface area contributed by atoms with E-state index >= 15 is 0 Å². The van der Waals surface area contributed by atoms with Crippen molar-refractivity contribution in [3.05, 3.63) is 42.0 Å². The van der Waals surface area contributed by atoms with Crippen molar-refractivity contribution >= 4 is 28.8 Å². The third-order valence-corrected chi connectivity index (χ3v) is 3.50. The lowest BCUT2D eigenvalue weighted by atomic mass is 10.0. The number of carbonyl (C=O) groups excluding carboxylic acids is 1. The van der Waals surface area contributed by atoms with E-state index in [1.165, 1.54) is 0 Å². The smallest absolute Gasteiger partial charge is 0.154 e. The Balaban J connectivity index is 2.24. The van der Waals surface area contributed by atoms with Crippen LogP contribution in [0.3, 0.4) is 0 Å². The van der Waals surface area contributed by atoms with Crippen molar-refractivity contribution in [1.82, 2.24) is 0 Å². The van der Waals surface area contributed by atoms with Crippen LogP contribution in [0.25, 0.3) is 10.8 Å². The Bertz CT molecular complexity index is 537. The molecule has 0 N–H and O–H groups in total. The number of thioether (sulfide) groups is 1. The second-order valence-electron chi connectivity index (χ2n) is 4.01. The Morgan fingerprint density at radius 3 is 2.83 bits per heavy atom. The summed E-state index contributed by atoms with van der Waals surface area (Å²) in [5, 5.41) is 2.02. The number of rotatable bonds is 6. The molecule has 0 saturated heterocycles. The SMILES string of the molecule is CSCCCOc1ccc2ccccc2c1C=O. The van der Waals surface area contributed by atoms with Gasteiger partial charge in [0, 0.05) is 0 Å². The van der Waals surface area contributed by atoms with Gasteiger partial charge in [-0.2, -0.15) is 11.8 Å². The fourth-order valence-electron chi connectivity index (χ4n) is 1.91. The molecule has 0 bridgehead atoms. The molecular formula is C15H16O2S. The minimum atomic E-state index is 0.650. The van der Waals surface area contributed by atoms with Crippen LogP contribution in [0.5, 0.6) is 5.75 Å². The molecule has 2 aromatic rings. The van der Waals surface area contributed by atoms with E-state index in [-0.39, 0.29) is 0 Å². The first-order chi connectivity index (χ1) is 8.86. The Morgan fingerprint density at radius 2 is 2.06 bits per heavy atom. The molecule has 0 aromatic heterocycles. The first kappa shape index (κ1) is 13.0. The van der Waals surface area contributed by atoms with E-state index in [0.717, 1.165) is 29.2 Å². The molecule has 0 amide bonds. The van der Waals surface area contributed by atoms with Crippen LogP contribution < -0.4 is 4.74 Å². The summed E-state index contributed by atoms with van der Waals surface area (Å²) < 4.78 is 5.69. The molecule has 0 heterocycles. The second-order valence-corrected chi connectivity index (χ2v) is 5.00. The van der Waals surface area contributed by atoms with Gasteiger partial charge < -0.3 is 4.74 Å². The maximum absolute atomic E-state index is 11.2. The highest BCUT2D eigenvalue weighted by Crippen LogP contribution is 2.26. The summed E-state index contributed by atoms with van der Waals surface area (Å²) in [6.07, 6.45) is 3.95. The van der Waals surface area contributed by atoms with Crippen molar-refractivity contribution in [3.63, 3.8) is 0 Å². The minimum Gasteiger partial charge on any atom is -0.493 e. The summed E-state index contributed by atoms with van der Waals surface area (Å²) in [7, 11) is 0. The van der Waals surface area contributed by atoms with E-state index in [1.807, 2.05) is 36.4 Å². The molecule has 3 heteroatoms. The van der Waals surface area contributed by atoms with Gasteiger partial charge in [0.05, 0.1) is 12.2 Å². The predicted octanol–water partition coefficient (Wildman–Crippen LogP) is 3.78. The summed E-state index contributed by atoms with van der Waals surface area (Å²) >= 11 is 1.80. The number of hydrogen-bond donors (Lipinski definition) is 0. The molecule has 18 heavy (non-hydrogen) atoms. The molecule has 0 aliphatic rings. The van der Waals surface area contributed by atoms with E-state index < -0.39 is 0 Å². The van der Waals surface area contributed by atoms with Gasteiger partial charge in [0.25, 0.3) is 0 Å². The van der Waals surface area contributed by atoms with Gasteiger partial charge in [0.1, 0.15) is 5.75 Å². The number of aldehydes is 1. The monoisotopic (exact) mass is 260 g/mol. The van der Waals surface area contributed by atoms with Gasteiger partial charge >= 0.3 is 0 Å². The normalized spacial score (nSPS) is 10.5. The highest BCUT2D eigenvalue weighted by atomic mass is 32.2. The first-order valence-electron chi connectivity index (χ1n) is 5.95. The number of carbonyl (C=O) groups is 1. The summed E-state index contributed by atoms with van der Waals surface area (Å²) in [6, 6.07) is 11.7. The lowest BCUT2D eigenvalue weighted by molar-refractivity contribution is 0.112. The van der Waals surface area contributed by atoms with Crippen molar-refractivity contribution in [3.8, 4) is 5.75 Å². The minimum absolute atomic E-state index is 0.650. The van der Waals surface area contributed by atoms with Crippen LogP contribution in [0, 0.1) is 0 Å². The molecule has 0 saturated carbocycles. The van der Waals surface area contributed by atoms with Gasteiger partial charge in [0.2, 0.25) is 0 Å². The molecule has 2 rings (SSSR count). The van der Waals surface area contributed by atoms with Crippen LogP contribution in [0.4, 0.5) is 0 Å². The maximum Gasteiger partial charge on any atom is 0.154 e. The van der Waals surface area contributed by atoms with Gasteiger partial charge in [-0.3, -0.25) is 4.79 Å². The molecule has 2 aromatic carbocycles. The molecular weight excluding hydrogens is 244 g/mol. The van der Waals surface area contributed by atoms with Crippen molar-refractivity contribution in [2.24, 2.45) is 0 Å². The van der Waals surface area contributed by atoms with Gasteiger partial charge in [-0.1, -0.05) is 30.3 Å². The van der Waals surface area contributed by atoms with E-state index in [0.29, 0.717) is 17.9 Å². The fraction of sp³-hybridized carbons (Fsp3) is 0.267. The number of benzene rings is 2. The largest absolute Gasteiger partial charge is 0.493 e. The molecule has 0 unspecified atom stereocenters. The van der Waals surface area contributed by atoms with Crippen LogP contribution in [-0.2, 0) is 0 Å². The van der Waals surface area contributed by atoms with Crippen LogP contribution in [0.2, 0.25) is 0 Å². The van der Waals surface area contributed by atoms with Crippen LogP contribution in [0.1, 0.15) is 16.8 Å². The Kier molecular flexibility index (Phi) is 4.65. The van der Waals surface area contributed by atoms with E-state index in [4.69, 9.17) is 4.74 Å². The summed E-state index contributed by atoms with van der Waals surface area (Å²) in [5.41, 5.74) is 0.650. The molecule has 2 nitrogen and oxygen atoms in total. The zero-order valence-electron chi connectivity index (χ0n) is 10.4. The molecule has 0 radical (unpaired) electrons. The molecule has 0 aliphatic carbocycles. The fourth-order valence-corrected chi connectivity index (χ4v) is 2.31. The topological polar surface area (TPSA) is 26.3 Å². The van der Waals surface area contributed by atoms with E-state index in [2.05, 4.69) is 6.26 Å². The van der Waals surface area contributed by atoms with E-state index in [9.17, 15) is 4.79 Å². The highest BCUT2D eigenvalue weighted by molar-refractivity contribution is 7.98. The average Bonchev–Trinajstić information content (AvgIpc) is 2.43. The second kappa shape index (κ2) is 6.45. The molecule has 0 aliphatic heterocycles. The number of fused-ring (bicyclic) bond motifs is 1. The summed E-state index contributed by atoms with van der Waals surface area (Å²) in [4.78, 5) is 11.2. The third kappa shape index (κ3) is 2.85. The molecule has 0 fully saturated rings. The summed E-state index contributed by atoms with van der Waals surface area (Å²) in [6.45, 7) is 0.653. The predicted molar refractivity (Wildman–Crippen MR) is 77.8 cm³/mol. The highest BCUT2D eigenvalue weighted by Gasteiger charge is 2.07. The van der Waals surface area contributed by atoms with Gasteiger partial charge in [-0.05, 0) is 35.3 Å². The lowest BCUT2D eigenvalue weighted by Crippen LogP contribution is -2.01. The van der Waals surface area contributed by atoms with Gasteiger partial charge in [-0.25, -0.2) is 0 Å². The summed E-state index contributed by atoms with van der Waals surface area (Å²) in [5.74, 6) is 1.76. The number of hydrogen-bond acceptors (Lipinski definition) is 3. The van der Waals surface area contributed by atoms with Crippen molar-refractivity contribution in [2.45, 2.75) is 6.42 Å². The molecule has 0 spiro atoms. The standard InChI is InChI=1S/C15H16O2S/c1-18-10-4-9-17-15-8-7-12-5-2-3-6-13(12)14(15)11-16/h2-3,5-8,11H,4,9-10H2,1H3. The maximum atomic E-state index is 11.2. The van der Waals surface area contributed by atoms with Crippen LogP contribution >= 0.6 is 11.8 Å². The van der Waals surface area contributed by atoms with Gasteiger partial charge in [-0.15, -0.1) is 0 Å². The quantitative estimate of drug-likeness (QED) is 0.584. The number of ether oxygens (including phenoxy) is 1. The molecule has 94 valence electrons. The Morgan fingerprint density at radius 1 is 1.22 bits per heavy atom. The van der Waals surface area contributed by atoms with Crippen LogP contribution in [-0.4, -0.2) is 24.9 Å². The zero-order valence-corrected chi connectivity index (χ0v) is 11.2. The van der Waals surface area contributed by atoms with Crippen molar-refractivity contribution < 1.29 is 9.53 Å². The molecule has 0 atom stereocenters. The van der Waals surface area contributed by atoms with Gasteiger partial charge in [0.15, 0.2) is 6.29 Å². The van der Waals surface area contributed by atoms with E-state index in [1.54, 1.807) is 11.8 Å². The average molecular weight is 260 g/mol. The Labute approximate surface area is 111 Å². The lowest BCUT2D eigenvalue weighted by Gasteiger charge is -2.10. The first-order valence-corrected chi connectivity index (χ1v) is 7.35. The van der Waals surface area contributed by atoms with Crippen molar-refractivity contribution in [1.29, 1.82) is 0 Å². The zero-order chi connectivity index (χ0) is 12.8. The van der Waals surface area contributed by atoms with Crippen molar-refractivity contribution in [2.75, 3.05) is 18.6 Å². The third-order valence-electron chi connectivity index (χ3n) is 2.80.